The standard InChI is InChI=1S/C16H24N6O4S/c1-5-13-17-14(26-19-13)10-22(27(4,24)25)12-7-6-8-21(16(12)23)15-9-11(2)18-20(15)3/h9,12H,5-8,10H2,1-4H3/t12-/m0/s1. The van der Waals surface area contributed by atoms with Crippen LogP contribution in [-0.2, 0) is 34.8 Å². The predicted molar refractivity (Wildman–Crippen MR) is 97.4 cm³/mol. The van der Waals surface area contributed by atoms with Crippen molar-refractivity contribution in [2.24, 2.45) is 7.05 Å². The van der Waals surface area contributed by atoms with E-state index in [9.17, 15) is 13.2 Å². The van der Waals surface area contributed by atoms with E-state index in [1.54, 1.807) is 16.6 Å². The van der Waals surface area contributed by atoms with Gasteiger partial charge < -0.3 is 4.52 Å². The Kier molecular flexibility index (Phi) is 5.33. The van der Waals surface area contributed by atoms with Gasteiger partial charge in [0.1, 0.15) is 11.9 Å². The molecule has 0 aromatic carbocycles. The summed E-state index contributed by atoms with van der Waals surface area (Å²) in [7, 11) is -1.91. The molecule has 1 aliphatic rings. The van der Waals surface area contributed by atoms with E-state index in [1.807, 2.05) is 19.9 Å². The Morgan fingerprint density at radius 1 is 1.41 bits per heavy atom. The minimum Gasteiger partial charge on any atom is -0.338 e. The van der Waals surface area contributed by atoms with Crippen molar-refractivity contribution >= 4 is 21.7 Å². The first-order valence-electron chi connectivity index (χ1n) is 8.81. The summed E-state index contributed by atoms with van der Waals surface area (Å²) in [6.45, 7) is 4.12. The van der Waals surface area contributed by atoms with E-state index in [1.165, 1.54) is 0 Å². The molecule has 3 heterocycles. The van der Waals surface area contributed by atoms with Crippen molar-refractivity contribution in [3.05, 3.63) is 23.5 Å². The van der Waals surface area contributed by atoms with Crippen molar-refractivity contribution in [2.45, 2.75) is 45.7 Å². The van der Waals surface area contributed by atoms with Crippen molar-refractivity contribution in [1.82, 2.24) is 24.2 Å². The normalized spacial score (nSPS) is 18.5. The van der Waals surface area contributed by atoms with Gasteiger partial charge in [-0.2, -0.15) is 14.4 Å². The summed E-state index contributed by atoms with van der Waals surface area (Å²) < 4.78 is 32.8. The molecule has 1 fully saturated rings. The smallest absolute Gasteiger partial charge is 0.246 e. The van der Waals surface area contributed by atoms with Crippen LogP contribution in [-0.4, -0.2) is 57.4 Å². The first-order valence-corrected chi connectivity index (χ1v) is 10.7. The zero-order valence-electron chi connectivity index (χ0n) is 15.9. The number of hydrogen-bond acceptors (Lipinski definition) is 7. The molecule has 148 valence electrons. The van der Waals surface area contributed by atoms with Crippen LogP contribution in [0.2, 0.25) is 0 Å². The van der Waals surface area contributed by atoms with Gasteiger partial charge in [-0.15, -0.1) is 0 Å². The fraction of sp³-hybridized carbons (Fsp3) is 0.625. The minimum atomic E-state index is -3.67. The fourth-order valence-corrected chi connectivity index (χ4v) is 4.29. The van der Waals surface area contributed by atoms with Gasteiger partial charge in [0.15, 0.2) is 5.82 Å². The van der Waals surface area contributed by atoms with E-state index < -0.39 is 16.1 Å². The Morgan fingerprint density at radius 2 is 2.15 bits per heavy atom. The maximum Gasteiger partial charge on any atom is 0.246 e. The Bertz CT molecular complexity index is 935. The predicted octanol–water partition coefficient (Wildman–Crippen LogP) is 0.631. The molecule has 2 aromatic heterocycles. The molecule has 1 amide bonds. The van der Waals surface area contributed by atoms with Gasteiger partial charge in [-0.3, -0.25) is 14.4 Å². The van der Waals surface area contributed by atoms with Crippen LogP contribution in [0.4, 0.5) is 5.82 Å². The average Bonchev–Trinajstić information content (AvgIpc) is 3.18. The molecule has 3 rings (SSSR count). The van der Waals surface area contributed by atoms with E-state index in [-0.39, 0.29) is 18.3 Å². The number of nitrogens with zero attached hydrogens (tertiary/aromatic N) is 6. The van der Waals surface area contributed by atoms with Gasteiger partial charge in [-0.1, -0.05) is 12.1 Å². The van der Waals surface area contributed by atoms with Crippen molar-refractivity contribution in [1.29, 1.82) is 0 Å². The summed E-state index contributed by atoms with van der Waals surface area (Å²) in [5.74, 6) is 1.06. The van der Waals surface area contributed by atoms with Crippen LogP contribution >= 0.6 is 0 Å². The molecule has 0 N–H and O–H groups in total. The topological polar surface area (TPSA) is 114 Å². The first-order chi connectivity index (χ1) is 12.7. The third kappa shape index (κ3) is 4.03. The fourth-order valence-electron chi connectivity index (χ4n) is 3.29. The molecule has 0 saturated carbocycles. The highest BCUT2D eigenvalue weighted by Crippen LogP contribution is 2.26. The quantitative estimate of drug-likeness (QED) is 0.703. The maximum absolute atomic E-state index is 13.1. The summed E-state index contributed by atoms with van der Waals surface area (Å²) in [6, 6.07) is 0.997. The zero-order valence-corrected chi connectivity index (χ0v) is 16.7. The molecule has 1 saturated heterocycles. The number of anilines is 1. The van der Waals surface area contributed by atoms with Crippen molar-refractivity contribution < 1.29 is 17.7 Å². The second kappa shape index (κ2) is 7.39. The van der Waals surface area contributed by atoms with Crippen molar-refractivity contribution in [3.8, 4) is 0 Å². The summed E-state index contributed by atoms with van der Waals surface area (Å²) >= 11 is 0. The molecule has 1 aliphatic heterocycles. The van der Waals surface area contributed by atoms with Gasteiger partial charge in [-0.05, 0) is 19.8 Å². The molecule has 0 radical (unpaired) electrons. The van der Waals surface area contributed by atoms with E-state index in [2.05, 4.69) is 15.2 Å². The lowest BCUT2D eigenvalue weighted by Gasteiger charge is -2.36. The molecule has 0 unspecified atom stereocenters. The van der Waals surface area contributed by atoms with Crippen molar-refractivity contribution in [2.75, 3.05) is 17.7 Å². The summed E-state index contributed by atoms with van der Waals surface area (Å²) in [5.41, 5.74) is 0.792. The number of carbonyl (C=O) groups is 1. The SMILES string of the molecule is CCc1noc(CN([C@H]2CCCN(c3cc(C)nn3C)C2=O)S(C)(=O)=O)n1. The lowest BCUT2D eigenvalue weighted by Crippen LogP contribution is -2.54. The average molecular weight is 396 g/mol. The lowest BCUT2D eigenvalue weighted by molar-refractivity contribution is -0.123. The molecular formula is C16H24N6O4S. The minimum absolute atomic E-state index is 0.125. The Morgan fingerprint density at radius 3 is 2.70 bits per heavy atom. The molecule has 11 heteroatoms. The molecular weight excluding hydrogens is 372 g/mol. The van der Waals surface area contributed by atoms with Gasteiger partial charge in [-0.25, -0.2) is 8.42 Å². The van der Waals surface area contributed by atoms with Crippen LogP contribution in [0.1, 0.15) is 37.2 Å². The summed E-state index contributed by atoms with van der Waals surface area (Å²) in [6.07, 6.45) is 2.79. The molecule has 2 aromatic rings. The molecule has 0 spiro atoms. The monoisotopic (exact) mass is 396 g/mol. The number of piperidine rings is 1. The molecule has 1 atom stereocenters. The number of rotatable bonds is 6. The first kappa shape index (κ1) is 19.5. The number of carbonyl (C=O) groups excluding carboxylic acids is 1. The molecule has 0 bridgehead atoms. The summed E-state index contributed by atoms with van der Waals surface area (Å²) in [4.78, 5) is 18.9. The van der Waals surface area contributed by atoms with Gasteiger partial charge in [0.05, 0.1) is 18.5 Å². The van der Waals surface area contributed by atoms with Crippen LogP contribution < -0.4 is 4.90 Å². The van der Waals surface area contributed by atoms with Gasteiger partial charge >= 0.3 is 0 Å². The van der Waals surface area contributed by atoms with E-state index in [0.717, 1.165) is 16.3 Å². The summed E-state index contributed by atoms with van der Waals surface area (Å²) in [5, 5.41) is 8.07. The highest BCUT2D eigenvalue weighted by molar-refractivity contribution is 7.88. The zero-order chi connectivity index (χ0) is 19.8. The Hall–Kier alpha value is -2.27. The molecule has 27 heavy (non-hydrogen) atoms. The largest absolute Gasteiger partial charge is 0.338 e. The Balaban J connectivity index is 1.89. The van der Waals surface area contributed by atoms with Crippen LogP contribution in [0.3, 0.4) is 0 Å². The van der Waals surface area contributed by atoms with E-state index in [4.69, 9.17) is 4.52 Å². The van der Waals surface area contributed by atoms with Crippen LogP contribution in [0.25, 0.3) is 0 Å². The second-order valence-corrected chi connectivity index (χ2v) is 8.62. The highest BCUT2D eigenvalue weighted by atomic mass is 32.2. The number of amides is 1. The van der Waals surface area contributed by atoms with E-state index in [0.29, 0.717) is 37.4 Å². The number of aromatic nitrogens is 4. The number of hydrogen-bond donors (Lipinski definition) is 0. The third-order valence-corrected chi connectivity index (χ3v) is 5.79. The van der Waals surface area contributed by atoms with Crippen LogP contribution in [0, 0.1) is 6.92 Å². The van der Waals surface area contributed by atoms with Gasteiger partial charge in [0.25, 0.3) is 0 Å². The van der Waals surface area contributed by atoms with Crippen LogP contribution in [0.15, 0.2) is 10.6 Å². The third-order valence-electron chi connectivity index (χ3n) is 4.56. The van der Waals surface area contributed by atoms with Crippen molar-refractivity contribution in [3.63, 3.8) is 0 Å². The number of sulfonamides is 1. The second-order valence-electron chi connectivity index (χ2n) is 6.68. The van der Waals surface area contributed by atoms with Crippen LogP contribution in [0.5, 0.6) is 0 Å². The Labute approximate surface area is 158 Å². The van der Waals surface area contributed by atoms with Gasteiger partial charge in [0.2, 0.25) is 21.8 Å². The van der Waals surface area contributed by atoms with E-state index >= 15 is 0 Å². The molecule has 0 aliphatic carbocycles. The highest BCUT2D eigenvalue weighted by Gasteiger charge is 2.39. The molecule has 10 nitrogen and oxygen atoms in total. The maximum atomic E-state index is 13.1. The lowest BCUT2D eigenvalue weighted by atomic mass is 10.0. The van der Waals surface area contributed by atoms with Gasteiger partial charge in [0, 0.05) is 26.1 Å². The number of aryl methyl sites for hydroxylation is 3.